The fraction of sp³-hybridized carbons (Fsp3) is 0.923. The summed E-state index contributed by atoms with van der Waals surface area (Å²) in [7, 11) is 0. The molecule has 2 fully saturated rings. The van der Waals surface area contributed by atoms with E-state index >= 15 is 0 Å². The van der Waals surface area contributed by atoms with E-state index in [-0.39, 0.29) is 30.6 Å². The fourth-order valence-corrected chi connectivity index (χ4v) is 2.83. The third-order valence-corrected chi connectivity index (χ3v) is 3.97. The number of nitrogens with one attached hydrogen (secondary N) is 1. The molecule has 0 radical (unpaired) electrons. The molecule has 2 aliphatic rings. The highest BCUT2D eigenvalue weighted by atomic mass is 16.5. The molecular formula is C13H24N2O3. The highest BCUT2D eigenvalue weighted by Crippen LogP contribution is 2.22. The number of aliphatic hydroxyl groups is 1. The van der Waals surface area contributed by atoms with E-state index in [1.165, 1.54) is 0 Å². The van der Waals surface area contributed by atoms with Crippen molar-refractivity contribution in [2.75, 3.05) is 26.3 Å². The average Bonchev–Trinajstić information content (AvgIpc) is 2.38. The van der Waals surface area contributed by atoms with E-state index in [4.69, 9.17) is 9.84 Å². The average molecular weight is 256 g/mol. The number of piperidine rings is 1. The van der Waals surface area contributed by atoms with Crippen molar-refractivity contribution in [1.82, 2.24) is 10.2 Å². The Bertz CT molecular complexity index is 298. The number of ether oxygens (including phenoxy) is 1. The van der Waals surface area contributed by atoms with Crippen molar-refractivity contribution in [3.05, 3.63) is 0 Å². The smallest absolute Gasteiger partial charge is 0.226 e. The fourth-order valence-electron chi connectivity index (χ4n) is 2.83. The number of amides is 1. The number of nitrogens with zero attached hydrogens (tertiary/aromatic N) is 1. The number of morpholine rings is 1. The van der Waals surface area contributed by atoms with Gasteiger partial charge in [-0.15, -0.1) is 0 Å². The molecule has 5 nitrogen and oxygen atoms in total. The molecule has 0 aromatic carbocycles. The zero-order chi connectivity index (χ0) is 13.1. The van der Waals surface area contributed by atoms with E-state index in [2.05, 4.69) is 12.2 Å². The molecular weight excluding hydrogens is 232 g/mol. The Labute approximate surface area is 108 Å². The molecule has 2 N–H and O–H groups in total. The Morgan fingerprint density at radius 2 is 2.28 bits per heavy atom. The number of carbonyl (C=O) groups is 1. The van der Waals surface area contributed by atoms with Gasteiger partial charge in [0.15, 0.2) is 0 Å². The molecule has 1 amide bonds. The third kappa shape index (κ3) is 3.02. The van der Waals surface area contributed by atoms with Crippen LogP contribution in [0.25, 0.3) is 0 Å². The number of carbonyl (C=O) groups excluding carboxylic acids is 1. The van der Waals surface area contributed by atoms with Gasteiger partial charge in [-0.2, -0.15) is 0 Å². The van der Waals surface area contributed by atoms with E-state index in [0.29, 0.717) is 19.2 Å². The highest BCUT2D eigenvalue weighted by Gasteiger charge is 2.34. The second kappa shape index (κ2) is 5.99. The van der Waals surface area contributed by atoms with Gasteiger partial charge >= 0.3 is 0 Å². The molecule has 2 aliphatic heterocycles. The van der Waals surface area contributed by atoms with Gasteiger partial charge in [0, 0.05) is 18.5 Å². The van der Waals surface area contributed by atoms with Crippen LogP contribution in [0.1, 0.15) is 26.7 Å². The Hall–Kier alpha value is -0.650. The largest absolute Gasteiger partial charge is 0.394 e. The van der Waals surface area contributed by atoms with Crippen LogP contribution in [0.5, 0.6) is 0 Å². The summed E-state index contributed by atoms with van der Waals surface area (Å²) in [6.45, 7) is 6.08. The maximum atomic E-state index is 12.5. The van der Waals surface area contributed by atoms with Crippen LogP contribution >= 0.6 is 0 Å². The molecule has 5 heteroatoms. The molecule has 0 bridgehead atoms. The monoisotopic (exact) mass is 256 g/mol. The zero-order valence-electron chi connectivity index (χ0n) is 11.3. The Kier molecular flexibility index (Phi) is 4.59. The SMILES string of the molecule is CC1CC(C(=O)N2CC(CO)OCC2C)CCN1. The van der Waals surface area contributed by atoms with Crippen LogP contribution in [0, 0.1) is 5.92 Å². The van der Waals surface area contributed by atoms with Gasteiger partial charge in [0.2, 0.25) is 5.91 Å². The molecule has 2 heterocycles. The van der Waals surface area contributed by atoms with Gasteiger partial charge < -0.3 is 20.1 Å². The van der Waals surface area contributed by atoms with Crippen LogP contribution in [-0.4, -0.2) is 60.4 Å². The minimum absolute atomic E-state index is 0.0148. The third-order valence-electron chi connectivity index (χ3n) is 3.97. The summed E-state index contributed by atoms with van der Waals surface area (Å²) in [5.41, 5.74) is 0. The quantitative estimate of drug-likeness (QED) is 0.729. The topological polar surface area (TPSA) is 61.8 Å². The minimum atomic E-state index is -0.218. The van der Waals surface area contributed by atoms with Gasteiger partial charge in [-0.25, -0.2) is 0 Å². The second-order valence-electron chi connectivity index (χ2n) is 5.55. The predicted molar refractivity (Wildman–Crippen MR) is 68.2 cm³/mol. The number of hydrogen-bond acceptors (Lipinski definition) is 4. The Morgan fingerprint density at radius 3 is 2.94 bits per heavy atom. The van der Waals surface area contributed by atoms with Gasteiger partial charge in [-0.1, -0.05) is 0 Å². The molecule has 18 heavy (non-hydrogen) atoms. The Balaban J connectivity index is 1.97. The molecule has 4 atom stereocenters. The molecule has 2 saturated heterocycles. The van der Waals surface area contributed by atoms with Crippen molar-refractivity contribution in [3.8, 4) is 0 Å². The summed E-state index contributed by atoms with van der Waals surface area (Å²) in [4.78, 5) is 14.4. The summed E-state index contributed by atoms with van der Waals surface area (Å²) in [5, 5.41) is 12.5. The van der Waals surface area contributed by atoms with Gasteiger partial charge in [-0.05, 0) is 33.2 Å². The normalized spacial score (nSPS) is 37.6. The van der Waals surface area contributed by atoms with E-state index in [0.717, 1.165) is 19.4 Å². The van der Waals surface area contributed by atoms with Crippen molar-refractivity contribution >= 4 is 5.91 Å². The lowest BCUT2D eigenvalue weighted by Crippen LogP contribution is -2.55. The van der Waals surface area contributed by atoms with Crippen LogP contribution < -0.4 is 5.32 Å². The second-order valence-corrected chi connectivity index (χ2v) is 5.55. The van der Waals surface area contributed by atoms with E-state index in [1.807, 2.05) is 11.8 Å². The Morgan fingerprint density at radius 1 is 1.50 bits per heavy atom. The minimum Gasteiger partial charge on any atom is -0.394 e. The van der Waals surface area contributed by atoms with Crippen LogP contribution in [0.2, 0.25) is 0 Å². The standard InChI is InChI=1S/C13H24N2O3/c1-9-5-11(3-4-14-9)13(17)15-6-12(7-16)18-8-10(15)2/h9-12,14,16H,3-8H2,1-2H3. The van der Waals surface area contributed by atoms with Gasteiger partial charge in [0.1, 0.15) is 0 Å². The molecule has 4 unspecified atom stereocenters. The lowest BCUT2D eigenvalue weighted by atomic mass is 9.91. The van der Waals surface area contributed by atoms with Crippen LogP contribution in [0.4, 0.5) is 0 Å². The maximum Gasteiger partial charge on any atom is 0.226 e. The molecule has 0 spiro atoms. The first-order valence-corrected chi connectivity index (χ1v) is 6.88. The number of hydrogen-bond donors (Lipinski definition) is 2. The van der Waals surface area contributed by atoms with Crippen molar-refractivity contribution in [2.24, 2.45) is 5.92 Å². The molecule has 0 saturated carbocycles. The van der Waals surface area contributed by atoms with Crippen molar-refractivity contribution < 1.29 is 14.6 Å². The van der Waals surface area contributed by atoms with Crippen molar-refractivity contribution in [1.29, 1.82) is 0 Å². The van der Waals surface area contributed by atoms with E-state index < -0.39 is 0 Å². The van der Waals surface area contributed by atoms with Crippen LogP contribution in [0.15, 0.2) is 0 Å². The molecule has 104 valence electrons. The highest BCUT2D eigenvalue weighted by molar-refractivity contribution is 5.79. The lowest BCUT2D eigenvalue weighted by Gasteiger charge is -2.40. The summed E-state index contributed by atoms with van der Waals surface area (Å²) in [5.74, 6) is 0.360. The first kappa shape index (κ1) is 13.8. The van der Waals surface area contributed by atoms with Crippen LogP contribution in [-0.2, 0) is 9.53 Å². The lowest BCUT2D eigenvalue weighted by molar-refractivity contribution is -0.151. The predicted octanol–water partition coefficient (Wildman–Crippen LogP) is -0.0173. The summed E-state index contributed by atoms with van der Waals surface area (Å²) < 4.78 is 5.47. The molecule has 2 rings (SSSR count). The molecule has 0 aliphatic carbocycles. The maximum absolute atomic E-state index is 12.5. The van der Waals surface area contributed by atoms with Gasteiger partial charge in [0.05, 0.1) is 25.4 Å². The number of rotatable bonds is 2. The summed E-state index contributed by atoms with van der Waals surface area (Å²) >= 11 is 0. The molecule has 0 aromatic heterocycles. The van der Waals surface area contributed by atoms with Crippen molar-refractivity contribution in [2.45, 2.75) is 44.9 Å². The summed E-state index contributed by atoms with van der Waals surface area (Å²) in [6.07, 6.45) is 1.60. The van der Waals surface area contributed by atoms with E-state index in [1.54, 1.807) is 0 Å². The zero-order valence-corrected chi connectivity index (χ0v) is 11.3. The first-order valence-electron chi connectivity index (χ1n) is 6.88. The van der Waals surface area contributed by atoms with Gasteiger partial charge in [0.25, 0.3) is 0 Å². The van der Waals surface area contributed by atoms with Crippen LogP contribution in [0.3, 0.4) is 0 Å². The number of aliphatic hydroxyl groups excluding tert-OH is 1. The van der Waals surface area contributed by atoms with Crippen molar-refractivity contribution in [3.63, 3.8) is 0 Å². The van der Waals surface area contributed by atoms with Gasteiger partial charge in [-0.3, -0.25) is 4.79 Å². The molecule has 0 aromatic rings. The van der Waals surface area contributed by atoms with E-state index in [9.17, 15) is 4.79 Å². The summed E-state index contributed by atoms with van der Waals surface area (Å²) in [6, 6.07) is 0.531. The first-order chi connectivity index (χ1) is 8.61.